The van der Waals surface area contributed by atoms with E-state index in [-0.39, 0.29) is 0 Å². The number of aromatic nitrogens is 5. The van der Waals surface area contributed by atoms with Gasteiger partial charge in [-0.25, -0.2) is 0 Å². The Morgan fingerprint density at radius 1 is 1.40 bits per heavy atom. The summed E-state index contributed by atoms with van der Waals surface area (Å²) in [5.41, 5.74) is 0.744. The summed E-state index contributed by atoms with van der Waals surface area (Å²) in [5, 5.41) is 15.1. The molecule has 2 aromatic heterocycles. The zero-order valence-electron chi connectivity index (χ0n) is 8.46. The molecule has 0 atom stereocenters. The molecule has 0 aliphatic rings. The van der Waals surface area contributed by atoms with Crippen LogP contribution in [-0.4, -0.2) is 38.8 Å². The lowest BCUT2D eigenvalue weighted by Gasteiger charge is -1.95. The predicted molar refractivity (Wildman–Crippen MR) is 55.0 cm³/mol. The number of tetrazole rings is 1. The van der Waals surface area contributed by atoms with Crippen molar-refractivity contribution < 1.29 is 0 Å². The van der Waals surface area contributed by atoms with Gasteiger partial charge in [0.05, 0.1) is 6.54 Å². The molecular formula is C9H12N6. The van der Waals surface area contributed by atoms with Gasteiger partial charge in [0.1, 0.15) is 5.69 Å². The van der Waals surface area contributed by atoms with Crippen molar-refractivity contribution in [3.05, 3.63) is 24.4 Å². The largest absolute Gasteiger partial charge is 0.318 e. The van der Waals surface area contributed by atoms with Gasteiger partial charge in [-0.1, -0.05) is 6.07 Å². The molecule has 0 aliphatic carbocycles. The maximum absolute atomic E-state index is 4.21. The molecule has 2 rings (SSSR count). The number of hydrogen-bond acceptors (Lipinski definition) is 5. The van der Waals surface area contributed by atoms with Gasteiger partial charge in [-0.05, 0) is 24.4 Å². The highest BCUT2D eigenvalue weighted by Gasteiger charge is 2.05. The van der Waals surface area contributed by atoms with Crippen molar-refractivity contribution in [1.82, 2.24) is 30.5 Å². The maximum atomic E-state index is 4.21. The number of rotatable bonds is 4. The first-order chi connectivity index (χ1) is 7.40. The van der Waals surface area contributed by atoms with Crippen molar-refractivity contribution >= 4 is 0 Å². The first kappa shape index (κ1) is 9.72. The molecule has 0 fully saturated rings. The highest BCUT2D eigenvalue weighted by atomic mass is 15.6. The van der Waals surface area contributed by atoms with Crippen LogP contribution in [0.2, 0.25) is 0 Å². The maximum Gasteiger partial charge on any atom is 0.223 e. The van der Waals surface area contributed by atoms with E-state index >= 15 is 0 Å². The Labute approximate surface area is 87.3 Å². The Balaban J connectivity index is 2.14. The van der Waals surface area contributed by atoms with Crippen LogP contribution in [0.25, 0.3) is 11.5 Å². The SMILES string of the molecule is CNCCn1nnc(-c2ccccn2)n1. The summed E-state index contributed by atoms with van der Waals surface area (Å²) in [6, 6.07) is 5.62. The standard InChI is InChI=1S/C9H12N6/c1-10-6-7-15-13-9(12-14-15)8-4-2-3-5-11-8/h2-5,10H,6-7H2,1H3. The van der Waals surface area contributed by atoms with Crippen LogP contribution in [0.1, 0.15) is 0 Å². The first-order valence-electron chi connectivity index (χ1n) is 4.74. The molecule has 6 nitrogen and oxygen atoms in total. The number of likely N-dealkylation sites (N-methyl/N-ethyl adjacent to an activating group) is 1. The molecule has 2 aromatic rings. The Morgan fingerprint density at radius 3 is 3.07 bits per heavy atom. The van der Waals surface area contributed by atoms with Crippen LogP contribution in [0.5, 0.6) is 0 Å². The molecule has 6 heteroatoms. The number of hydrogen-bond donors (Lipinski definition) is 1. The molecule has 0 aliphatic heterocycles. The van der Waals surface area contributed by atoms with Gasteiger partial charge in [0.25, 0.3) is 0 Å². The second kappa shape index (κ2) is 4.61. The van der Waals surface area contributed by atoms with Crippen molar-refractivity contribution in [2.24, 2.45) is 0 Å². The van der Waals surface area contributed by atoms with Crippen molar-refractivity contribution in [1.29, 1.82) is 0 Å². The van der Waals surface area contributed by atoms with Gasteiger partial charge in [0.2, 0.25) is 5.82 Å². The van der Waals surface area contributed by atoms with Crippen molar-refractivity contribution in [3.8, 4) is 11.5 Å². The number of nitrogens with zero attached hydrogens (tertiary/aromatic N) is 5. The van der Waals surface area contributed by atoms with Crippen LogP contribution in [0, 0.1) is 0 Å². The number of pyridine rings is 1. The highest BCUT2D eigenvalue weighted by molar-refractivity contribution is 5.46. The molecule has 0 amide bonds. The van der Waals surface area contributed by atoms with Gasteiger partial charge in [0.15, 0.2) is 0 Å². The van der Waals surface area contributed by atoms with E-state index in [1.165, 1.54) is 0 Å². The molecule has 78 valence electrons. The molecular weight excluding hydrogens is 192 g/mol. The lowest BCUT2D eigenvalue weighted by Crippen LogP contribution is -2.16. The fourth-order valence-electron chi connectivity index (χ4n) is 1.15. The Hall–Kier alpha value is -1.82. The van der Waals surface area contributed by atoms with Crippen molar-refractivity contribution in [3.63, 3.8) is 0 Å². The van der Waals surface area contributed by atoms with Gasteiger partial charge >= 0.3 is 0 Å². The topological polar surface area (TPSA) is 68.5 Å². The molecule has 0 saturated carbocycles. The zero-order valence-corrected chi connectivity index (χ0v) is 8.46. The zero-order chi connectivity index (χ0) is 10.5. The molecule has 0 saturated heterocycles. The third kappa shape index (κ3) is 2.35. The van der Waals surface area contributed by atoms with E-state index in [9.17, 15) is 0 Å². The molecule has 0 spiro atoms. The molecule has 0 radical (unpaired) electrons. The minimum absolute atomic E-state index is 0.562. The third-order valence-corrected chi connectivity index (χ3v) is 1.91. The van der Waals surface area contributed by atoms with E-state index in [0.717, 1.165) is 12.2 Å². The Morgan fingerprint density at radius 2 is 2.33 bits per heavy atom. The minimum Gasteiger partial charge on any atom is -0.318 e. The van der Waals surface area contributed by atoms with Crippen LogP contribution >= 0.6 is 0 Å². The summed E-state index contributed by atoms with van der Waals surface area (Å²) in [5.74, 6) is 0.562. The smallest absolute Gasteiger partial charge is 0.223 e. The Bertz CT molecular complexity index is 410. The molecule has 0 aromatic carbocycles. The van der Waals surface area contributed by atoms with Crippen LogP contribution < -0.4 is 5.32 Å². The van der Waals surface area contributed by atoms with E-state index in [0.29, 0.717) is 12.4 Å². The van der Waals surface area contributed by atoms with E-state index in [1.807, 2.05) is 25.2 Å². The van der Waals surface area contributed by atoms with Crippen molar-refractivity contribution in [2.75, 3.05) is 13.6 Å². The van der Waals surface area contributed by atoms with E-state index in [2.05, 4.69) is 25.7 Å². The summed E-state index contributed by atoms with van der Waals surface area (Å²) in [6.07, 6.45) is 1.71. The molecule has 1 N–H and O–H groups in total. The molecule has 15 heavy (non-hydrogen) atoms. The van der Waals surface area contributed by atoms with Crippen LogP contribution in [0.4, 0.5) is 0 Å². The lowest BCUT2D eigenvalue weighted by molar-refractivity contribution is 0.507. The highest BCUT2D eigenvalue weighted by Crippen LogP contribution is 2.07. The van der Waals surface area contributed by atoms with Gasteiger partial charge in [0, 0.05) is 12.7 Å². The van der Waals surface area contributed by atoms with Crippen LogP contribution in [0.15, 0.2) is 24.4 Å². The van der Waals surface area contributed by atoms with Crippen molar-refractivity contribution in [2.45, 2.75) is 6.54 Å². The van der Waals surface area contributed by atoms with Crippen LogP contribution in [-0.2, 0) is 6.54 Å². The van der Waals surface area contributed by atoms with E-state index in [4.69, 9.17) is 0 Å². The summed E-state index contributed by atoms with van der Waals surface area (Å²) < 4.78 is 0. The average molecular weight is 204 g/mol. The third-order valence-electron chi connectivity index (χ3n) is 1.91. The van der Waals surface area contributed by atoms with Gasteiger partial charge < -0.3 is 5.32 Å². The normalized spacial score (nSPS) is 10.5. The van der Waals surface area contributed by atoms with Gasteiger partial charge in [-0.15, -0.1) is 10.2 Å². The summed E-state index contributed by atoms with van der Waals surface area (Å²) in [6.45, 7) is 1.52. The van der Waals surface area contributed by atoms with E-state index < -0.39 is 0 Å². The molecule has 0 unspecified atom stereocenters. The molecule has 0 bridgehead atoms. The minimum atomic E-state index is 0.562. The Kier molecular flexibility index (Phi) is 2.99. The monoisotopic (exact) mass is 204 g/mol. The van der Waals surface area contributed by atoms with Gasteiger partial charge in [-0.3, -0.25) is 4.98 Å². The first-order valence-corrected chi connectivity index (χ1v) is 4.74. The fraction of sp³-hybridized carbons (Fsp3) is 0.333. The van der Waals surface area contributed by atoms with E-state index in [1.54, 1.807) is 11.0 Å². The second-order valence-corrected chi connectivity index (χ2v) is 3.03. The lowest BCUT2D eigenvalue weighted by atomic mass is 10.3. The van der Waals surface area contributed by atoms with Gasteiger partial charge in [-0.2, -0.15) is 4.80 Å². The van der Waals surface area contributed by atoms with Crippen LogP contribution in [0.3, 0.4) is 0 Å². The summed E-state index contributed by atoms with van der Waals surface area (Å²) >= 11 is 0. The fourth-order valence-corrected chi connectivity index (χ4v) is 1.15. The summed E-state index contributed by atoms with van der Waals surface area (Å²) in [7, 11) is 1.89. The summed E-state index contributed by atoms with van der Waals surface area (Å²) in [4.78, 5) is 5.70. The number of nitrogens with one attached hydrogen (secondary N) is 1. The quantitative estimate of drug-likeness (QED) is 0.756. The second-order valence-electron chi connectivity index (χ2n) is 3.03. The predicted octanol–water partition coefficient (Wildman–Crippen LogP) is -0.0455. The average Bonchev–Trinajstić information content (AvgIpc) is 2.76. The molecule has 2 heterocycles.